The number of alkyl halides is 3. The minimum Gasteiger partial charge on any atom is -0.465 e. The topological polar surface area (TPSA) is 64.6 Å². The fourth-order valence-corrected chi connectivity index (χ4v) is 2.45. The lowest BCUT2D eigenvalue weighted by Crippen LogP contribution is -2.39. The molecule has 0 saturated carbocycles. The molecule has 0 aliphatic carbocycles. The maximum atomic E-state index is 12.3. The molecule has 24 heavy (non-hydrogen) atoms. The van der Waals surface area contributed by atoms with Gasteiger partial charge in [-0.15, -0.1) is 13.2 Å². The quantitative estimate of drug-likeness (QED) is 0.784. The molecule has 1 aromatic carbocycles. The van der Waals surface area contributed by atoms with Gasteiger partial charge in [0.15, 0.2) is 0 Å². The van der Waals surface area contributed by atoms with Crippen molar-refractivity contribution in [3.63, 3.8) is 0 Å². The van der Waals surface area contributed by atoms with E-state index < -0.39 is 39.9 Å². The van der Waals surface area contributed by atoms with Crippen molar-refractivity contribution < 1.29 is 31.6 Å². The second-order valence-electron chi connectivity index (χ2n) is 5.80. The zero-order chi connectivity index (χ0) is 18.5. The summed E-state index contributed by atoms with van der Waals surface area (Å²) >= 11 is 0. The van der Waals surface area contributed by atoms with Gasteiger partial charge >= 0.3 is 12.3 Å². The van der Waals surface area contributed by atoms with Gasteiger partial charge in [0.2, 0.25) is 0 Å². The fourth-order valence-electron chi connectivity index (χ4n) is 1.65. The standard InChI is InChI=1S/C15H20F3NO4S/c1-5-22-13(20)12(19-24(21)14(2,3)4)10-7-6-8-11(9-10)23-15(16,17)18/h6-9,12,19H,5H2,1-4H3/t12-,24?/m1/s1. The molecule has 9 heteroatoms. The molecular weight excluding hydrogens is 347 g/mol. The summed E-state index contributed by atoms with van der Waals surface area (Å²) in [6.07, 6.45) is -4.85. The average Bonchev–Trinajstić information content (AvgIpc) is 2.42. The first kappa shape index (κ1) is 20.4. The molecule has 0 amide bonds. The monoisotopic (exact) mass is 367 g/mol. The Kier molecular flexibility index (Phi) is 6.79. The van der Waals surface area contributed by atoms with E-state index in [2.05, 4.69) is 9.46 Å². The predicted molar refractivity (Wildman–Crippen MR) is 83.5 cm³/mol. The van der Waals surface area contributed by atoms with Gasteiger partial charge in [0.05, 0.1) is 22.3 Å². The van der Waals surface area contributed by atoms with Crippen LogP contribution < -0.4 is 9.46 Å². The van der Waals surface area contributed by atoms with Gasteiger partial charge < -0.3 is 9.47 Å². The van der Waals surface area contributed by atoms with E-state index in [9.17, 15) is 22.2 Å². The van der Waals surface area contributed by atoms with Gasteiger partial charge in [0.1, 0.15) is 11.8 Å². The van der Waals surface area contributed by atoms with Gasteiger partial charge in [-0.05, 0) is 45.4 Å². The molecule has 5 nitrogen and oxygen atoms in total. The molecule has 0 saturated heterocycles. The first-order valence-corrected chi connectivity index (χ1v) is 8.29. The van der Waals surface area contributed by atoms with E-state index in [1.54, 1.807) is 27.7 Å². The number of halogens is 3. The average molecular weight is 367 g/mol. The Morgan fingerprint density at radius 1 is 1.29 bits per heavy atom. The van der Waals surface area contributed by atoms with E-state index in [0.717, 1.165) is 12.1 Å². The minimum atomic E-state index is -4.85. The third-order valence-electron chi connectivity index (χ3n) is 2.73. The molecule has 1 N–H and O–H groups in total. The van der Waals surface area contributed by atoms with Crippen molar-refractivity contribution in [2.75, 3.05) is 6.61 Å². The van der Waals surface area contributed by atoms with Crippen LogP contribution in [0.4, 0.5) is 13.2 Å². The minimum absolute atomic E-state index is 0.0813. The number of hydrogen-bond donors (Lipinski definition) is 1. The Labute approximate surface area is 141 Å². The van der Waals surface area contributed by atoms with Crippen molar-refractivity contribution in [2.45, 2.75) is 44.8 Å². The van der Waals surface area contributed by atoms with Crippen LogP contribution in [0.1, 0.15) is 39.3 Å². The first-order valence-electron chi connectivity index (χ1n) is 7.14. The summed E-state index contributed by atoms with van der Waals surface area (Å²) in [6.45, 7) is 6.77. The maximum Gasteiger partial charge on any atom is 0.573 e. The van der Waals surface area contributed by atoms with Crippen LogP contribution >= 0.6 is 0 Å². The molecular formula is C15H20F3NO4S. The lowest BCUT2D eigenvalue weighted by Gasteiger charge is -2.23. The molecule has 0 radical (unpaired) electrons. The zero-order valence-corrected chi connectivity index (χ0v) is 14.6. The lowest BCUT2D eigenvalue weighted by molar-refractivity contribution is -0.274. The van der Waals surface area contributed by atoms with Crippen molar-refractivity contribution in [1.82, 2.24) is 4.72 Å². The zero-order valence-electron chi connectivity index (χ0n) is 13.8. The summed E-state index contributed by atoms with van der Waals surface area (Å²) in [6, 6.07) is 3.73. The van der Waals surface area contributed by atoms with Gasteiger partial charge in [0.25, 0.3) is 0 Å². The molecule has 1 unspecified atom stereocenters. The number of carbonyl (C=O) groups is 1. The van der Waals surface area contributed by atoms with Crippen LogP contribution in [-0.4, -0.2) is 27.9 Å². The summed E-state index contributed by atoms with van der Waals surface area (Å²) in [5.74, 6) is -1.21. The van der Waals surface area contributed by atoms with E-state index in [-0.39, 0.29) is 12.2 Å². The number of benzene rings is 1. The molecule has 0 fully saturated rings. The van der Waals surface area contributed by atoms with Crippen LogP contribution in [0, 0.1) is 0 Å². The smallest absolute Gasteiger partial charge is 0.465 e. The number of esters is 1. The summed E-state index contributed by atoms with van der Waals surface area (Å²) in [5, 5.41) is 0. The Morgan fingerprint density at radius 2 is 1.92 bits per heavy atom. The molecule has 0 bridgehead atoms. The highest BCUT2D eigenvalue weighted by molar-refractivity contribution is 7.84. The normalized spacial score (nSPS) is 14.8. The number of ether oxygens (including phenoxy) is 2. The van der Waals surface area contributed by atoms with Crippen LogP contribution in [-0.2, 0) is 20.5 Å². The van der Waals surface area contributed by atoms with Gasteiger partial charge in [-0.3, -0.25) is 0 Å². The Bertz CT molecular complexity index is 599. The second kappa shape index (κ2) is 7.98. The molecule has 1 rings (SSSR count). The molecule has 1 aromatic rings. The molecule has 136 valence electrons. The Balaban J connectivity index is 3.13. The highest BCUT2D eigenvalue weighted by atomic mass is 32.2. The molecule has 2 atom stereocenters. The van der Waals surface area contributed by atoms with Crippen LogP contribution in [0.5, 0.6) is 5.75 Å². The van der Waals surface area contributed by atoms with Gasteiger partial charge in [-0.2, -0.15) is 0 Å². The number of nitrogens with one attached hydrogen (secondary N) is 1. The van der Waals surface area contributed by atoms with Crippen molar-refractivity contribution in [2.24, 2.45) is 0 Å². The second-order valence-corrected chi connectivity index (χ2v) is 7.80. The summed E-state index contributed by atoms with van der Waals surface area (Å²) in [4.78, 5) is 12.1. The van der Waals surface area contributed by atoms with Gasteiger partial charge in [-0.1, -0.05) is 12.1 Å². The van der Waals surface area contributed by atoms with E-state index in [4.69, 9.17) is 4.74 Å². The van der Waals surface area contributed by atoms with Crippen LogP contribution in [0.2, 0.25) is 0 Å². The van der Waals surface area contributed by atoms with Crippen LogP contribution in [0.3, 0.4) is 0 Å². The number of carbonyl (C=O) groups excluding carboxylic acids is 1. The van der Waals surface area contributed by atoms with Gasteiger partial charge in [0, 0.05) is 0 Å². The predicted octanol–water partition coefficient (Wildman–Crippen LogP) is 3.24. The van der Waals surface area contributed by atoms with E-state index >= 15 is 0 Å². The molecule has 0 aliphatic rings. The SMILES string of the molecule is CCOC(=O)[C@H](NS(=O)C(C)(C)C)c1cccc(OC(F)(F)F)c1. The maximum absolute atomic E-state index is 12.3. The van der Waals surface area contributed by atoms with E-state index in [1.807, 2.05) is 0 Å². The van der Waals surface area contributed by atoms with E-state index in [1.165, 1.54) is 12.1 Å². The fraction of sp³-hybridized carbons (Fsp3) is 0.533. The number of rotatable bonds is 6. The largest absolute Gasteiger partial charge is 0.573 e. The summed E-state index contributed by atoms with van der Waals surface area (Å²) in [5.41, 5.74) is 0.160. The van der Waals surface area contributed by atoms with Crippen molar-refractivity contribution >= 4 is 17.0 Å². The molecule has 0 spiro atoms. The van der Waals surface area contributed by atoms with Crippen molar-refractivity contribution in [3.05, 3.63) is 29.8 Å². The lowest BCUT2D eigenvalue weighted by atomic mass is 10.1. The Hall–Kier alpha value is -1.61. The molecule has 0 aliphatic heterocycles. The van der Waals surface area contributed by atoms with Crippen molar-refractivity contribution in [3.8, 4) is 5.75 Å². The van der Waals surface area contributed by atoms with Gasteiger partial charge in [-0.25, -0.2) is 13.7 Å². The van der Waals surface area contributed by atoms with Crippen LogP contribution in [0.15, 0.2) is 24.3 Å². The molecule has 0 heterocycles. The Morgan fingerprint density at radius 3 is 2.42 bits per heavy atom. The third-order valence-corrected chi connectivity index (χ3v) is 4.29. The molecule has 0 aromatic heterocycles. The highest BCUT2D eigenvalue weighted by Gasteiger charge is 2.32. The summed E-state index contributed by atoms with van der Waals surface area (Å²) in [7, 11) is -1.63. The first-order chi connectivity index (χ1) is 10.9. The van der Waals surface area contributed by atoms with Crippen LogP contribution in [0.25, 0.3) is 0 Å². The summed E-state index contributed by atoms with van der Waals surface area (Å²) < 4.78 is 60.0. The van der Waals surface area contributed by atoms with E-state index in [0.29, 0.717) is 0 Å². The van der Waals surface area contributed by atoms with Crippen molar-refractivity contribution in [1.29, 1.82) is 0 Å². The highest BCUT2D eigenvalue weighted by Crippen LogP contribution is 2.27. The number of hydrogen-bond acceptors (Lipinski definition) is 4. The third kappa shape index (κ3) is 6.48.